The van der Waals surface area contributed by atoms with Gasteiger partial charge in [-0.15, -0.1) is 0 Å². The third-order valence-electron chi connectivity index (χ3n) is 6.45. The van der Waals surface area contributed by atoms with Crippen LogP contribution in [0, 0.1) is 19.8 Å². The number of hydrogen-bond donors (Lipinski definition) is 3. The van der Waals surface area contributed by atoms with Crippen LogP contribution in [0.5, 0.6) is 5.75 Å². The van der Waals surface area contributed by atoms with Gasteiger partial charge in [0.15, 0.2) is 0 Å². The molecular weight excluding hydrogens is 482 g/mol. The number of fused-ring (bicyclic) bond motifs is 1. The van der Waals surface area contributed by atoms with Gasteiger partial charge in [0.1, 0.15) is 12.4 Å². The number of nitrogens with one attached hydrogen (secondary N) is 3. The molecule has 196 valence electrons. The van der Waals surface area contributed by atoms with Crippen LogP contribution in [-0.4, -0.2) is 65.1 Å². The predicted octanol–water partition coefficient (Wildman–Crippen LogP) is 3.18. The molecule has 0 bridgehead atoms. The summed E-state index contributed by atoms with van der Waals surface area (Å²) in [5.74, 6) is -0.107. The zero-order valence-corrected chi connectivity index (χ0v) is 22.2. The second-order valence-electron chi connectivity index (χ2n) is 9.56. The molecule has 1 aliphatic rings. The van der Waals surface area contributed by atoms with Crippen LogP contribution in [0.15, 0.2) is 18.2 Å². The Morgan fingerprint density at radius 3 is 2.72 bits per heavy atom. The molecule has 0 spiro atoms. The Morgan fingerprint density at radius 2 is 2.03 bits per heavy atom. The number of hydrogen-bond acceptors (Lipinski definition) is 5. The van der Waals surface area contributed by atoms with E-state index in [1.807, 2.05) is 27.7 Å². The topological polar surface area (TPSA) is 116 Å². The molecule has 10 heteroatoms. The lowest BCUT2D eigenvalue weighted by Gasteiger charge is -2.26. The standard InChI is InChI=1S/C26H36ClN5O4/c1-16(2)22-15-36-23-9-7-19(27)13-21(23)26(35)28-11-5-6-12-32(14-24(33)29-22)25(34)10-8-20-17(3)30-31-18(20)4/h7,9,13,16,22H,5-6,8,10-12,14-15H2,1-4H3,(H,28,35)(H,29,33)(H,30,31)/t22-/m1/s1. The summed E-state index contributed by atoms with van der Waals surface area (Å²) in [5, 5.41) is 13.5. The first kappa shape index (κ1) is 27.5. The van der Waals surface area contributed by atoms with Crippen LogP contribution >= 0.6 is 11.6 Å². The highest BCUT2D eigenvalue weighted by molar-refractivity contribution is 6.31. The molecule has 1 aromatic carbocycles. The number of H-pyrrole nitrogens is 1. The smallest absolute Gasteiger partial charge is 0.255 e. The number of aromatic amines is 1. The minimum Gasteiger partial charge on any atom is -0.491 e. The lowest BCUT2D eigenvalue weighted by molar-refractivity contribution is -0.136. The second-order valence-corrected chi connectivity index (χ2v) is 10.00. The Balaban J connectivity index is 1.74. The number of rotatable bonds is 4. The number of aryl methyl sites for hydroxylation is 2. The molecule has 0 aliphatic carbocycles. The molecule has 2 aromatic rings. The van der Waals surface area contributed by atoms with Crippen LogP contribution in [0.4, 0.5) is 0 Å². The van der Waals surface area contributed by atoms with E-state index in [4.69, 9.17) is 16.3 Å². The van der Waals surface area contributed by atoms with Crippen LogP contribution in [0.2, 0.25) is 5.02 Å². The van der Waals surface area contributed by atoms with Crippen molar-refractivity contribution >= 4 is 29.3 Å². The molecule has 36 heavy (non-hydrogen) atoms. The van der Waals surface area contributed by atoms with E-state index in [9.17, 15) is 14.4 Å². The quantitative estimate of drug-likeness (QED) is 0.576. The monoisotopic (exact) mass is 517 g/mol. The fourth-order valence-corrected chi connectivity index (χ4v) is 4.33. The summed E-state index contributed by atoms with van der Waals surface area (Å²) < 4.78 is 5.96. The molecule has 9 nitrogen and oxygen atoms in total. The second kappa shape index (κ2) is 12.8. The fourth-order valence-electron chi connectivity index (χ4n) is 4.16. The van der Waals surface area contributed by atoms with Crippen molar-refractivity contribution in [2.45, 2.75) is 59.4 Å². The molecule has 0 saturated heterocycles. The molecule has 0 radical (unpaired) electrons. The molecule has 3 N–H and O–H groups in total. The van der Waals surface area contributed by atoms with Gasteiger partial charge < -0.3 is 20.3 Å². The molecule has 0 unspecified atom stereocenters. The molecule has 0 fully saturated rings. The largest absolute Gasteiger partial charge is 0.491 e. The number of ether oxygens (including phenoxy) is 1. The SMILES string of the molecule is Cc1n[nH]c(C)c1CCC(=O)N1CCCCNC(=O)c2cc(Cl)ccc2OC[C@H](C(C)C)NC(=O)C1. The Bertz CT molecular complexity index is 1060. The number of carbonyl (C=O) groups excluding carboxylic acids is 3. The molecule has 0 saturated carbocycles. The van der Waals surface area contributed by atoms with Crippen LogP contribution in [0.1, 0.15) is 60.4 Å². The van der Waals surface area contributed by atoms with Gasteiger partial charge in [-0.3, -0.25) is 19.5 Å². The van der Waals surface area contributed by atoms with Gasteiger partial charge in [0.05, 0.1) is 23.8 Å². The number of halogens is 1. The molecule has 3 amide bonds. The van der Waals surface area contributed by atoms with Gasteiger partial charge in [0.25, 0.3) is 5.91 Å². The highest BCUT2D eigenvalue weighted by Gasteiger charge is 2.23. The molecule has 2 heterocycles. The Kier molecular flexibility index (Phi) is 9.75. The van der Waals surface area contributed by atoms with Crippen molar-refractivity contribution < 1.29 is 19.1 Å². The number of nitrogens with zero attached hydrogens (tertiary/aromatic N) is 2. The summed E-state index contributed by atoms with van der Waals surface area (Å²) in [5.41, 5.74) is 3.22. The maximum absolute atomic E-state index is 13.1. The summed E-state index contributed by atoms with van der Waals surface area (Å²) in [6.07, 6.45) is 2.15. The van der Waals surface area contributed by atoms with Crippen molar-refractivity contribution in [3.05, 3.63) is 45.7 Å². The maximum atomic E-state index is 13.1. The molecule has 1 aliphatic heterocycles. The van der Waals surface area contributed by atoms with E-state index in [0.29, 0.717) is 48.7 Å². The van der Waals surface area contributed by atoms with E-state index in [1.165, 1.54) is 0 Å². The van der Waals surface area contributed by atoms with Crippen LogP contribution < -0.4 is 15.4 Å². The summed E-state index contributed by atoms with van der Waals surface area (Å²) in [4.78, 5) is 40.5. The van der Waals surface area contributed by atoms with Crippen molar-refractivity contribution in [2.75, 3.05) is 26.2 Å². The van der Waals surface area contributed by atoms with Crippen molar-refractivity contribution in [1.29, 1.82) is 0 Å². The van der Waals surface area contributed by atoms with E-state index in [1.54, 1.807) is 23.1 Å². The van der Waals surface area contributed by atoms with Gasteiger partial charge in [-0.1, -0.05) is 25.4 Å². The third kappa shape index (κ3) is 7.46. The summed E-state index contributed by atoms with van der Waals surface area (Å²) in [7, 11) is 0. The van der Waals surface area contributed by atoms with E-state index in [-0.39, 0.29) is 49.3 Å². The highest BCUT2D eigenvalue weighted by atomic mass is 35.5. The third-order valence-corrected chi connectivity index (χ3v) is 6.69. The van der Waals surface area contributed by atoms with Crippen LogP contribution in [0.3, 0.4) is 0 Å². The zero-order valence-electron chi connectivity index (χ0n) is 21.4. The van der Waals surface area contributed by atoms with Gasteiger partial charge in [-0.25, -0.2) is 0 Å². The van der Waals surface area contributed by atoms with Crippen molar-refractivity contribution in [1.82, 2.24) is 25.7 Å². The van der Waals surface area contributed by atoms with E-state index < -0.39 is 0 Å². The Labute approximate surface area is 217 Å². The number of benzene rings is 1. The molecule has 1 atom stereocenters. The summed E-state index contributed by atoms with van der Waals surface area (Å²) >= 11 is 6.12. The van der Waals surface area contributed by atoms with E-state index >= 15 is 0 Å². The number of carbonyl (C=O) groups is 3. The first-order chi connectivity index (χ1) is 17.2. The Morgan fingerprint density at radius 1 is 1.25 bits per heavy atom. The zero-order chi connectivity index (χ0) is 26.2. The lowest BCUT2D eigenvalue weighted by Crippen LogP contribution is -2.48. The van der Waals surface area contributed by atoms with Crippen LogP contribution in [-0.2, 0) is 16.0 Å². The summed E-state index contributed by atoms with van der Waals surface area (Å²) in [6.45, 7) is 8.83. The highest BCUT2D eigenvalue weighted by Crippen LogP contribution is 2.24. The number of aromatic nitrogens is 2. The van der Waals surface area contributed by atoms with Gasteiger partial charge in [-0.2, -0.15) is 5.10 Å². The first-order valence-electron chi connectivity index (χ1n) is 12.4. The average molecular weight is 518 g/mol. The number of amides is 3. The van der Waals surface area contributed by atoms with Gasteiger partial charge in [0, 0.05) is 30.2 Å². The maximum Gasteiger partial charge on any atom is 0.255 e. The normalized spacial score (nSPS) is 17.9. The van der Waals surface area contributed by atoms with E-state index in [0.717, 1.165) is 17.0 Å². The molecular formula is C26H36ClN5O4. The predicted molar refractivity (Wildman–Crippen MR) is 138 cm³/mol. The van der Waals surface area contributed by atoms with Gasteiger partial charge in [0.2, 0.25) is 11.8 Å². The van der Waals surface area contributed by atoms with Crippen molar-refractivity contribution in [3.8, 4) is 5.75 Å². The van der Waals surface area contributed by atoms with Crippen LogP contribution in [0.25, 0.3) is 0 Å². The van der Waals surface area contributed by atoms with E-state index in [2.05, 4.69) is 20.8 Å². The molecule has 3 rings (SSSR count). The fraction of sp³-hybridized carbons (Fsp3) is 0.538. The van der Waals surface area contributed by atoms with Crippen molar-refractivity contribution in [3.63, 3.8) is 0 Å². The van der Waals surface area contributed by atoms with Gasteiger partial charge in [-0.05, 0) is 62.8 Å². The first-order valence-corrected chi connectivity index (χ1v) is 12.8. The van der Waals surface area contributed by atoms with Crippen molar-refractivity contribution in [2.24, 2.45) is 5.92 Å². The average Bonchev–Trinajstić information content (AvgIpc) is 3.15. The molecule has 1 aromatic heterocycles. The minimum absolute atomic E-state index is 0.0239. The minimum atomic E-state index is -0.303. The van der Waals surface area contributed by atoms with Gasteiger partial charge >= 0.3 is 0 Å². The lowest BCUT2D eigenvalue weighted by atomic mass is 10.1. The Hall–Kier alpha value is -3.07. The summed E-state index contributed by atoms with van der Waals surface area (Å²) in [6, 6.07) is 4.61.